The third kappa shape index (κ3) is 11.3. The quantitative estimate of drug-likeness (QED) is 0.0552. The zero-order chi connectivity index (χ0) is 58.3. The summed E-state index contributed by atoms with van der Waals surface area (Å²) in [6.45, 7) is 0.675. The largest absolute Gasteiger partial charge is 0.502 e. The number of ether oxygens (including phenoxy) is 1. The van der Waals surface area contributed by atoms with Gasteiger partial charge in [0.2, 0.25) is 16.6 Å². The maximum absolute atomic E-state index is 14.2. The number of hydrogen-bond donors (Lipinski definition) is 2. The molecule has 2 N–H and O–H groups in total. The van der Waals surface area contributed by atoms with Gasteiger partial charge in [-0.05, 0) is 60.4 Å². The maximum atomic E-state index is 14.2. The molecule has 0 saturated heterocycles. The number of thioether (sulfide) groups is 2. The summed E-state index contributed by atoms with van der Waals surface area (Å²) in [5.74, 6) is -2.17. The summed E-state index contributed by atoms with van der Waals surface area (Å²) in [5.41, 5.74) is 2.45. The average Bonchev–Trinajstić information content (AvgIpc) is 3.86. The molecule has 6 aromatic rings. The van der Waals surface area contributed by atoms with Gasteiger partial charge in [-0.25, -0.2) is 9.48 Å². The Labute approximate surface area is 472 Å². The Bertz CT molecular complexity index is 3540. The molecule has 4 atom stereocenters. The molecule has 4 aliphatic rings. The van der Waals surface area contributed by atoms with E-state index in [1.807, 2.05) is 72.8 Å². The number of hydrogen-bond acceptors (Lipinski definition) is 11. The first-order chi connectivity index (χ1) is 37.8. The number of amides is 2. The van der Waals surface area contributed by atoms with Gasteiger partial charge in [0.15, 0.2) is 17.1 Å². The normalized spacial score (nSPS) is 17.2. The van der Waals surface area contributed by atoms with Gasteiger partial charge >= 0.3 is 18.4 Å². The summed E-state index contributed by atoms with van der Waals surface area (Å²) in [7, 11) is 6.75. The molecule has 0 spiro atoms. The second kappa shape index (κ2) is 23.4. The fraction of sp³-hybridized carbons (Fsp3) is 0.296. The number of fused-ring (bicyclic) bond motifs is 6. The lowest BCUT2D eigenvalue weighted by molar-refractivity contribution is -0.478. The van der Waals surface area contributed by atoms with E-state index in [9.17, 15) is 50.6 Å². The highest BCUT2D eigenvalue weighted by Crippen LogP contribution is 2.48. The smallest absolute Gasteiger partial charge is 0.451 e. The van der Waals surface area contributed by atoms with Crippen LogP contribution in [0.4, 0.5) is 26.3 Å². The van der Waals surface area contributed by atoms with Gasteiger partial charge in [-0.2, -0.15) is 26.3 Å². The predicted molar refractivity (Wildman–Crippen MR) is 291 cm³/mol. The lowest BCUT2D eigenvalue weighted by Gasteiger charge is -2.46. The predicted octanol–water partition coefficient (Wildman–Crippen LogP) is 9.37. The number of aromatic nitrogens is 2. The lowest BCUT2D eigenvalue weighted by atomic mass is 9.94. The summed E-state index contributed by atoms with van der Waals surface area (Å²) in [5, 5.41) is 21.4. The summed E-state index contributed by atoms with van der Waals surface area (Å²) in [4.78, 5) is 65.7. The molecular formula is C54H51Cl2F6N8O8S2+. The number of aromatic hydroxyl groups is 1. The number of carbonyl (C=O) groups excluding carboxylic acids is 2. The van der Waals surface area contributed by atoms with Crippen molar-refractivity contribution in [3.63, 3.8) is 0 Å². The highest BCUT2D eigenvalue weighted by Gasteiger charge is 2.50. The van der Waals surface area contributed by atoms with Crippen molar-refractivity contribution in [2.75, 3.05) is 51.5 Å². The van der Waals surface area contributed by atoms with E-state index in [0.717, 1.165) is 56.9 Å². The summed E-state index contributed by atoms with van der Waals surface area (Å²) in [6, 6.07) is 22.8. The minimum atomic E-state index is -4.73. The number of alkyl halides is 6. The van der Waals surface area contributed by atoms with Crippen LogP contribution in [0.5, 0.6) is 11.5 Å². The average molecular weight is 1190 g/mol. The number of carbonyl (C=O) groups is 3. The van der Waals surface area contributed by atoms with Crippen LogP contribution >= 0.6 is 46.7 Å². The first-order valence-corrected chi connectivity index (χ1v) is 27.0. The Kier molecular flexibility index (Phi) is 17.2. The van der Waals surface area contributed by atoms with E-state index in [1.165, 1.54) is 32.8 Å². The zero-order valence-electron chi connectivity index (χ0n) is 43.4. The lowest BCUT2D eigenvalue weighted by Crippen LogP contribution is -2.60. The summed E-state index contributed by atoms with van der Waals surface area (Å²) >= 11 is 16.7. The molecule has 80 heavy (non-hydrogen) atoms. The van der Waals surface area contributed by atoms with E-state index in [2.05, 4.69) is 0 Å². The standard InChI is InChI=1S/C29H30ClF3N5O3S.C24H19ClF3N3O3S.CH2O2/c1-17(29(31,32)33)36-16-38(24-19-10-6-7-12-22(19)42-15-18-9-8-11-20(30)23(18)24)37-14-13-21(39)26(25(37)27(36)40)41-28(34(2)3)35(4)5;1-13(24(26,27)28)29-12-31(30-10-9-17(32)22(33)21(30)23(29)34)20-15-6-2-3-8-18(15)35-11-14-5-4-7-16(25)19(14)20;2-1-3/h6-14,17,24H,15-16H2,1-5H3;2-10,13,20,33H,11-12H2,1H3;1H,(H,2,3)/q+1;;/t17-,24-;13-,20-;/m11./s1. The maximum Gasteiger partial charge on any atom is 0.451 e. The van der Waals surface area contributed by atoms with Crippen molar-refractivity contribution >= 4 is 71.0 Å². The third-order valence-electron chi connectivity index (χ3n) is 13.6. The molecule has 26 heteroatoms. The van der Waals surface area contributed by atoms with E-state index >= 15 is 0 Å². The van der Waals surface area contributed by atoms with Crippen LogP contribution in [0.2, 0.25) is 10.0 Å². The van der Waals surface area contributed by atoms with Gasteiger partial charge < -0.3 is 24.7 Å². The molecule has 2 aromatic heterocycles. The first kappa shape index (κ1) is 58.9. The van der Waals surface area contributed by atoms with Crippen LogP contribution in [0.1, 0.15) is 80.3 Å². The van der Waals surface area contributed by atoms with E-state index in [0.29, 0.717) is 37.6 Å². The molecule has 0 fully saturated rings. The minimum Gasteiger partial charge on any atom is -0.502 e. The van der Waals surface area contributed by atoms with Gasteiger partial charge in [-0.1, -0.05) is 83.9 Å². The molecule has 0 unspecified atom stereocenters. The molecule has 0 bridgehead atoms. The number of pyridine rings is 2. The topological polar surface area (TPSA) is 164 Å². The van der Waals surface area contributed by atoms with Crippen molar-refractivity contribution in [1.29, 1.82) is 0 Å². The number of benzene rings is 4. The van der Waals surface area contributed by atoms with Crippen molar-refractivity contribution in [1.82, 2.24) is 24.1 Å². The number of carboxylic acid groups (broad SMARTS) is 1. The molecule has 422 valence electrons. The van der Waals surface area contributed by atoms with Crippen molar-refractivity contribution in [2.45, 2.75) is 71.7 Å². The molecule has 0 saturated carbocycles. The van der Waals surface area contributed by atoms with Crippen LogP contribution in [0.3, 0.4) is 0 Å². The van der Waals surface area contributed by atoms with E-state index < -0.39 is 84.0 Å². The number of halogens is 8. The molecule has 2 amide bonds. The van der Waals surface area contributed by atoms with Crippen LogP contribution in [0, 0.1) is 0 Å². The fourth-order valence-electron chi connectivity index (χ4n) is 9.78. The molecule has 4 aromatic carbocycles. The van der Waals surface area contributed by atoms with Crippen molar-refractivity contribution < 1.29 is 60.3 Å². The second-order valence-electron chi connectivity index (χ2n) is 18.9. The fourth-order valence-corrected chi connectivity index (χ4v) is 12.5. The van der Waals surface area contributed by atoms with E-state index in [-0.39, 0.29) is 23.9 Å². The Hall–Kier alpha value is -7.28. The van der Waals surface area contributed by atoms with Gasteiger partial charge in [0.05, 0.1) is 28.2 Å². The van der Waals surface area contributed by atoms with Gasteiger partial charge in [-0.15, -0.1) is 23.5 Å². The number of amidine groups is 1. The van der Waals surface area contributed by atoms with Gasteiger partial charge in [0, 0.05) is 67.0 Å². The third-order valence-corrected chi connectivity index (χ3v) is 16.6. The monoisotopic (exact) mass is 1190 g/mol. The van der Waals surface area contributed by atoms with E-state index in [1.54, 1.807) is 78.3 Å². The van der Waals surface area contributed by atoms with Crippen molar-refractivity contribution in [2.24, 2.45) is 0 Å². The van der Waals surface area contributed by atoms with Crippen LogP contribution in [-0.4, -0.2) is 129 Å². The van der Waals surface area contributed by atoms with Crippen LogP contribution in [0.15, 0.2) is 129 Å². The Morgan fingerprint density at radius 1 is 0.675 bits per heavy atom. The van der Waals surface area contributed by atoms with Crippen LogP contribution in [0.25, 0.3) is 0 Å². The molecule has 10 rings (SSSR count). The summed E-state index contributed by atoms with van der Waals surface area (Å²) < 4.78 is 94.3. The highest BCUT2D eigenvalue weighted by atomic mass is 35.5. The van der Waals surface area contributed by atoms with Crippen LogP contribution < -0.4 is 25.6 Å². The van der Waals surface area contributed by atoms with Gasteiger partial charge in [-0.3, -0.25) is 43.3 Å². The Balaban J connectivity index is 0.000000203. The molecule has 4 aliphatic heterocycles. The number of nitrogens with zero attached hydrogens (tertiary/aromatic N) is 8. The minimum absolute atomic E-state index is 0.214. The molecule has 0 aliphatic carbocycles. The zero-order valence-corrected chi connectivity index (χ0v) is 46.5. The Morgan fingerprint density at radius 2 is 1.09 bits per heavy atom. The number of rotatable bonds is 5. The summed E-state index contributed by atoms with van der Waals surface area (Å²) in [6.07, 6.45) is -6.75. The molecular weight excluding hydrogens is 1140 g/mol. The molecule has 0 radical (unpaired) electrons. The SMILES string of the molecule is C[C@@H](N1CN([C@@H]2c3ccccc3SCc3cccc(Cl)c32)n2ccc(=O)c(O)c2C1=O)C(F)(F)F.C[C@@H](N1CN([C@@H]2c3ccccc3SCc3cccc(Cl)c32)n2ccc(=O)c(OC(N(C)C)=[N+](C)C)c2C1=O)C(F)(F)F.O=CO. The van der Waals surface area contributed by atoms with Crippen molar-refractivity contribution in [3.8, 4) is 11.5 Å². The van der Waals surface area contributed by atoms with Crippen molar-refractivity contribution in [3.05, 3.63) is 185 Å². The van der Waals surface area contributed by atoms with Gasteiger partial charge in [0.25, 0.3) is 18.3 Å². The van der Waals surface area contributed by atoms with Crippen LogP contribution in [-0.2, 0) is 16.3 Å². The molecule has 6 heterocycles. The van der Waals surface area contributed by atoms with E-state index in [4.69, 9.17) is 37.8 Å². The van der Waals surface area contributed by atoms with Gasteiger partial charge in [0.1, 0.15) is 37.5 Å². The molecule has 16 nitrogen and oxygen atoms in total. The Morgan fingerprint density at radius 3 is 1.51 bits per heavy atom. The first-order valence-electron chi connectivity index (χ1n) is 24.3. The second-order valence-corrected chi connectivity index (χ2v) is 21.8. The highest BCUT2D eigenvalue weighted by molar-refractivity contribution is 7.98.